The summed E-state index contributed by atoms with van der Waals surface area (Å²) in [6.07, 6.45) is 2.11. The third kappa shape index (κ3) is 2.08. The van der Waals surface area contributed by atoms with Gasteiger partial charge in [-0.05, 0) is 19.4 Å². The Balaban J connectivity index is 1.70. The van der Waals surface area contributed by atoms with Crippen molar-refractivity contribution in [1.29, 1.82) is 0 Å². The minimum absolute atomic E-state index is 0.176. The zero-order valence-electron chi connectivity index (χ0n) is 10.3. The minimum atomic E-state index is 0.176. The van der Waals surface area contributed by atoms with Crippen LogP contribution >= 0.6 is 11.3 Å². The fourth-order valence-corrected chi connectivity index (χ4v) is 3.55. The maximum atomic E-state index is 11.7. The number of carbonyl (C=O) groups excluding carboxylic acids is 1. The average molecular weight is 267 g/mol. The quantitative estimate of drug-likeness (QED) is 0.824. The number of anilines is 1. The zero-order chi connectivity index (χ0) is 12.5. The first kappa shape index (κ1) is 11.9. The van der Waals surface area contributed by atoms with Crippen LogP contribution in [0.2, 0.25) is 0 Å². The molecule has 1 amide bonds. The van der Waals surface area contributed by atoms with Gasteiger partial charge in [0.25, 0.3) is 0 Å². The van der Waals surface area contributed by atoms with E-state index in [0.717, 1.165) is 42.6 Å². The summed E-state index contributed by atoms with van der Waals surface area (Å²) in [5.74, 6) is 0.397. The summed E-state index contributed by atoms with van der Waals surface area (Å²) in [5, 5.41) is 16.0. The predicted molar refractivity (Wildman–Crippen MR) is 69.4 cm³/mol. The van der Waals surface area contributed by atoms with Gasteiger partial charge in [-0.25, -0.2) is 0 Å². The number of aromatic nitrogens is 2. The van der Waals surface area contributed by atoms with E-state index in [0.29, 0.717) is 6.04 Å². The van der Waals surface area contributed by atoms with Gasteiger partial charge in [-0.3, -0.25) is 9.69 Å². The molecule has 2 saturated heterocycles. The highest BCUT2D eigenvalue weighted by Crippen LogP contribution is 2.29. The number of fused-ring (bicyclic) bond motifs is 1. The smallest absolute Gasteiger partial charge is 0.224 e. The van der Waals surface area contributed by atoms with Crippen LogP contribution in [0.5, 0.6) is 0 Å². The van der Waals surface area contributed by atoms with Gasteiger partial charge in [0, 0.05) is 19.6 Å². The number of rotatable bonds is 3. The van der Waals surface area contributed by atoms with Crippen LogP contribution in [0.25, 0.3) is 0 Å². The number of hydrogen-bond acceptors (Lipinski definition) is 6. The standard InChI is InChI=1S/C11H17N5OS/c1-12-11-15-14-9(18-11)6-16-4-2-3-7-8(16)5-13-10(7)17/h7-8H,2-6H2,1H3,(H,12,15)(H,13,17). The van der Waals surface area contributed by atoms with Gasteiger partial charge in [0.2, 0.25) is 11.0 Å². The second kappa shape index (κ2) is 4.81. The van der Waals surface area contributed by atoms with Crippen LogP contribution in [-0.2, 0) is 11.3 Å². The first-order valence-corrected chi connectivity index (χ1v) is 7.11. The molecular weight excluding hydrogens is 250 g/mol. The first-order chi connectivity index (χ1) is 8.78. The van der Waals surface area contributed by atoms with Crippen LogP contribution in [0.15, 0.2) is 0 Å². The SMILES string of the molecule is CNc1nnc(CN2CCCC3C(=O)NCC32)s1. The molecule has 0 bridgehead atoms. The number of hydrogen-bond donors (Lipinski definition) is 2. The second-order valence-electron chi connectivity index (χ2n) is 4.78. The van der Waals surface area contributed by atoms with Gasteiger partial charge in [-0.15, -0.1) is 10.2 Å². The lowest BCUT2D eigenvalue weighted by atomic mass is 9.91. The van der Waals surface area contributed by atoms with Crippen molar-refractivity contribution in [2.24, 2.45) is 5.92 Å². The van der Waals surface area contributed by atoms with Crippen molar-refractivity contribution in [3.05, 3.63) is 5.01 Å². The van der Waals surface area contributed by atoms with Gasteiger partial charge in [0.05, 0.1) is 12.5 Å². The largest absolute Gasteiger partial charge is 0.363 e. The van der Waals surface area contributed by atoms with E-state index in [2.05, 4.69) is 25.7 Å². The molecule has 18 heavy (non-hydrogen) atoms. The Hall–Kier alpha value is -1.21. The van der Waals surface area contributed by atoms with Crippen molar-refractivity contribution in [1.82, 2.24) is 20.4 Å². The van der Waals surface area contributed by atoms with Gasteiger partial charge in [-0.2, -0.15) is 0 Å². The number of likely N-dealkylation sites (tertiary alicyclic amines) is 1. The summed E-state index contributed by atoms with van der Waals surface area (Å²) in [6.45, 7) is 2.63. The fourth-order valence-electron chi connectivity index (χ4n) is 2.83. The Morgan fingerprint density at radius 3 is 3.22 bits per heavy atom. The number of nitrogens with zero attached hydrogens (tertiary/aromatic N) is 3. The predicted octanol–water partition coefficient (Wildman–Crippen LogP) is 0.290. The van der Waals surface area contributed by atoms with E-state index in [1.54, 1.807) is 11.3 Å². The topological polar surface area (TPSA) is 70.2 Å². The van der Waals surface area contributed by atoms with Crippen LogP contribution in [0.4, 0.5) is 5.13 Å². The van der Waals surface area contributed by atoms with Crippen LogP contribution < -0.4 is 10.6 Å². The summed E-state index contributed by atoms with van der Waals surface area (Å²) < 4.78 is 0. The van der Waals surface area contributed by atoms with Crippen molar-refractivity contribution < 1.29 is 4.79 Å². The highest BCUT2D eigenvalue weighted by molar-refractivity contribution is 7.15. The Kier molecular flexibility index (Phi) is 3.17. The van der Waals surface area contributed by atoms with E-state index in [4.69, 9.17) is 0 Å². The summed E-state index contributed by atoms with van der Waals surface area (Å²) in [5.41, 5.74) is 0. The summed E-state index contributed by atoms with van der Waals surface area (Å²) in [4.78, 5) is 14.1. The molecule has 7 heteroatoms. The molecule has 0 radical (unpaired) electrons. The molecular formula is C11H17N5OS. The maximum absolute atomic E-state index is 11.7. The number of carbonyl (C=O) groups is 1. The van der Waals surface area contributed by atoms with E-state index in [9.17, 15) is 4.79 Å². The van der Waals surface area contributed by atoms with Crippen LogP contribution in [0.1, 0.15) is 17.8 Å². The molecule has 0 aliphatic carbocycles. The molecule has 2 aliphatic rings. The molecule has 1 aromatic heterocycles. The Morgan fingerprint density at radius 2 is 2.44 bits per heavy atom. The van der Waals surface area contributed by atoms with E-state index in [-0.39, 0.29) is 11.8 Å². The third-order valence-electron chi connectivity index (χ3n) is 3.74. The van der Waals surface area contributed by atoms with E-state index in [1.165, 1.54) is 0 Å². The van der Waals surface area contributed by atoms with Gasteiger partial charge >= 0.3 is 0 Å². The summed E-state index contributed by atoms with van der Waals surface area (Å²) in [7, 11) is 1.85. The van der Waals surface area contributed by atoms with Crippen molar-refractivity contribution in [3.63, 3.8) is 0 Å². The van der Waals surface area contributed by atoms with Crippen LogP contribution in [-0.4, -0.2) is 47.2 Å². The molecule has 0 saturated carbocycles. The van der Waals surface area contributed by atoms with Gasteiger partial charge in [0.15, 0.2) is 0 Å². The normalized spacial score (nSPS) is 27.9. The molecule has 6 nitrogen and oxygen atoms in total. The van der Waals surface area contributed by atoms with Gasteiger partial charge < -0.3 is 10.6 Å². The lowest BCUT2D eigenvalue weighted by Crippen LogP contribution is -2.44. The van der Waals surface area contributed by atoms with Crippen molar-refractivity contribution in [2.75, 3.05) is 25.5 Å². The van der Waals surface area contributed by atoms with E-state index >= 15 is 0 Å². The Labute approximate surface area is 110 Å². The first-order valence-electron chi connectivity index (χ1n) is 6.30. The summed E-state index contributed by atoms with van der Waals surface area (Å²) in [6, 6.07) is 0.341. The number of nitrogens with one attached hydrogen (secondary N) is 2. The Morgan fingerprint density at radius 1 is 1.56 bits per heavy atom. The molecule has 2 atom stereocenters. The molecule has 3 rings (SSSR count). The lowest BCUT2D eigenvalue weighted by molar-refractivity contribution is -0.124. The zero-order valence-corrected chi connectivity index (χ0v) is 11.2. The minimum Gasteiger partial charge on any atom is -0.363 e. The molecule has 2 aliphatic heterocycles. The van der Waals surface area contributed by atoms with Crippen molar-refractivity contribution in [2.45, 2.75) is 25.4 Å². The monoisotopic (exact) mass is 267 g/mol. The van der Waals surface area contributed by atoms with Crippen molar-refractivity contribution >= 4 is 22.4 Å². The van der Waals surface area contributed by atoms with Crippen molar-refractivity contribution in [3.8, 4) is 0 Å². The molecule has 98 valence electrons. The second-order valence-corrected chi connectivity index (χ2v) is 5.84. The number of amides is 1. The lowest BCUT2D eigenvalue weighted by Gasteiger charge is -2.35. The van der Waals surface area contributed by atoms with Gasteiger partial charge in [-0.1, -0.05) is 11.3 Å². The van der Waals surface area contributed by atoms with Crippen LogP contribution in [0, 0.1) is 5.92 Å². The highest BCUT2D eigenvalue weighted by atomic mass is 32.1. The van der Waals surface area contributed by atoms with E-state index < -0.39 is 0 Å². The molecule has 2 unspecified atom stereocenters. The molecule has 0 aromatic carbocycles. The molecule has 1 aromatic rings. The maximum Gasteiger partial charge on any atom is 0.224 e. The molecule has 2 fully saturated rings. The summed E-state index contributed by atoms with van der Waals surface area (Å²) >= 11 is 1.58. The molecule has 2 N–H and O–H groups in total. The highest BCUT2D eigenvalue weighted by Gasteiger charge is 2.40. The molecule has 3 heterocycles. The number of piperidine rings is 1. The Bertz CT molecular complexity index is 448. The average Bonchev–Trinajstić information content (AvgIpc) is 2.98. The van der Waals surface area contributed by atoms with E-state index in [1.807, 2.05) is 7.05 Å². The van der Waals surface area contributed by atoms with Crippen LogP contribution in [0.3, 0.4) is 0 Å². The van der Waals surface area contributed by atoms with Gasteiger partial charge in [0.1, 0.15) is 5.01 Å². The third-order valence-corrected chi connectivity index (χ3v) is 4.66. The molecule has 0 spiro atoms. The fraction of sp³-hybridized carbons (Fsp3) is 0.727.